The molecule has 1 amide bonds. The molecule has 0 aliphatic carbocycles. The molecule has 2 atom stereocenters. The first kappa shape index (κ1) is 26.2. The Balaban J connectivity index is 1.58. The van der Waals surface area contributed by atoms with Crippen molar-refractivity contribution in [3.8, 4) is 11.8 Å². The van der Waals surface area contributed by atoms with Crippen molar-refractivity contribution in [2.24, 2.45) is 0 Å². The Labute approximate surface area is 211 Å². The van der Waals surface area contributed by atoms with Crippen LogP contribution in [0.3, 0.4) is 0 Å². The van der Waals surface area contributed by atoms with E-state index in [2.05, 4.69) is 32.6 Å². The highest BCUT2D eigenvalue weighted by Gasteiger charge is 2.32. The molecule has 0 bridgehead atoms. The second-order valence-corrected chi connectivity index (χ2v) is 9.04. The molecule has 37 heavy (non-hydrogen) atoms. The van der Waals surface area contributed by atoms with E-state index in [-0.39, 0.29) is 41.1 Å². The van der Waals surface area contributed by atoms with Crippen LogP contribution in [0.2, 0.25) is 0 Å². The Hall–Kier alpha value is -3.85. The number of rotatable bonds is 5. The predicted molar refractivity (Wildman–Crippen MR) is 132 cm³/mol. The summed E-state index contributed by atoms with van der Waals surface area (Å²) in [5.74, 6) is 5.18. The average molecular weight is 518 g/mol. The number of carbonyl (C=O) groups is 1. The Morgan fingerprint density at radius 3 is 2.81 bits per heavy atom. The van der Waals surface area contributed by atoms with Gasteiger partial charge in [-0.2, -0.15) is 18.3 Å². The number of halogens is 4. The van der Waals surface area contributed by atoms with Gasteiger partial charge in [-0.3, -0.25) is 9.78 Å². The Morgan fingerprint density at radius 2 is 2.11 bits per heavy atom. The fourth-order valence-corrected chi connectivity index (χ4v) is 4.23. The van der Waals surface area contributed by atoms with Crippen LogP contribution in [0.15, 0.2) is 30.5 Å². The van der Waals surface area contributed by atoms with Gasteiger partial charge in [0.15, 0.2) is 0 Å². The van der Waals surface area contributed by atoms with Crippen LogP contribution in [0.5, 0.6) is 0 Å². The van der Waals surface area contributed by atoms with E-state index in [0.29, 0.717) is 24.5 Å². The molecule has 1 aliphatic heterocycles. The number of aromatic nitrogens is 3. The zero-order valence-electron chi connectivity index (χ0n) is 20.4. The maximum Gasteiger partial charge on any atom is 0.393 e. The Morgan fingerprint density at radius 1 is 1.32 bits per heavy atom. The number of aryl methyl sites for hydroxylation is 1. The van der Waals surface area contributed by atoms with Gasteiger partial charge in [-0.05, 0) is 44.5 Å². The summed E-state index contributed by atoms with van der Waals surface area (Å²) in [6, 6.07) is 5.81. The first-order chi connectivity index (χ1) is 17.5. The van der Waals surface area contributed by atoms with Crippen LogP contribution in [0, 0.1) is 18.8 Å². The number of pyridine rings is 2. The number of nitrogen functional groups attached to an aromatic ring is 1. The molecule has 12 heteroatoms. The first-order valence-electron chi connectivity index (χ1n) is 11.7. The fraction of sp³-hybridized carbons (Fsp3) is 0.400. The van der Waals surface area contributed by atoms with Crippen molar-refractivity contribution in [1.82, 2.24) is 24.8 Å². The van der Waals surface area contributed by atoms with E-state index >= 15 is 0 Å². The molecular formula is C25H27F4N7O. The minimum Gasteiger partial charge on any atom is -0.398 e. The van der Waals surface area contributed by atoms with E-state index in [0.717, 1.165) is 0 Å². The maximum atomic E-state index is 14.6. The number of amides is 1. The summed E-state index contributed by atoms with van der Waals surface area (Å²) in [7, 11) is 1.83. The van der Waals surface area contributed by atoms with Crippen molar-refractivity contribution in [2.75, 3.05) is 37.7 Å². The number of anilines is 2. The van der Waals surface area contributed by atoms with Crippen molar-refractivity contribution >= 4 is 22.9 Å². The normalized spacial score (nSPS) is 18.3. The van der Waals surface area contributed by atoms with Crippen LogP contribution in [-0.4, -0.2) is 70.5 Å². The summed E-state index contributed by atoms with van der Waals surface area (Å²) in [5.41, 5.74) is 6.99. The van der Waals surface area contributed by atoms with Gasteiger partial charge in [0.2, 0.25) is 0 Å². The molecule has 1 aliphatic rings. The van der Waals surface area contributed by atoms with Crippen LogP contribution in [-0.2, 0) is 6.42 Å². The van der Waals surface area contributed by atoms with Gasteiger partial charge >= 0.3 is 6.18 Å². The van der Waals surface area contributed by atoms with E-state index in [1.54, 1.807) is 25.1 Å². The monoisotopic (exact) mass is 517 g/mol. The van der Waals surface area contributed by atoms with Gasteiger partial charge < -0.3 is 21.3 Å². The highest BCUT2D eigenvalue weighted by molar-refractivity contribution is 5.98. The number of likely N-dealkylation sites (tertiary alicyclic amines) is 1. The predicted octanol–water partition coefficient (Wildman–Crippen LogP) is 2.96. The number of fused-ring (bicyclic) bond motifs is 1. The highest BCUT2D eigenvalue weighted by atomic mass is 19.4. The van der Waals surface area contributed by atoms with Crippen LogP contribution in [0.4, 0.5) is 29.1 Å². The molecule has 0 aromatic carbocycles. The maximum absolute atomic E-state index is 14.6. The third kappa shape index (κ3) is 6.29. The summed E-state index contributed by atoms with van der Waals surface area (Å²) in [5, 5.41) is 9.97. The van der Waals surface area contributed by atoms with Crippen molar-refractivity contribution < 1.29 is 22.4 Å². The minimum absolute atomic E-state index is 0.0717. The molecule has 196 valence electrons. The lowest BCUT2D eigenvalue weighted by molar-refractivity contribution is -0.127. The van der Waals surface area contributed by atoms with Crippen LogP contribution in [0.1, 0.15) is 33.7 Å². The van der Waals surface area contributed by atoms with E-state index in [9.17, 15) is 22.4 Å². The smallest absolute Gasteiger partial charge is 0.393 e. The molecule has 0 unspecified atom stereocenters. The zero-order chi connectivity index (χ0) is 26.7. The molecule has 0 spiro atoms. The standard InChI is InChI=1S/C25H27F4N7O/c1-15-11-19(30)17(13-32-15)24(37)31-9-4-5-20-16(12-25(27,28)29)22-6-3-7-23(36(22)34-20)33-21-8-10-35(2)14-18(21)26/h3,6-7,11,13,18,21,33H,8-10,12,14H2,1-2H3,(H2,30,32)(H,31,37)/t18-,21+/m0/s1. The molecular weight excluding hydrogens is 490 g/mol. The summed E-state index contributed by atoms with van der Waals surface area (Å²) < 4.78 is 56.1. The van der Waals surface area contributed by atoms with E-state index in [4.69, 9.17) is 5.73 Å². The highest BCUT2D eigenvalue weighted by Crippen LogP contribution is 2.28. The van der Waals surface area contributed by atoms with Gasteiger partial charge in [-0.1, -0.05) is 12.0 Å². The van der Waals surface area contributed by atoms with Crippen molar-refractivity contribution in [1.29, 1.82) is 0 Å². The third-order valence-electron chi connectivity index (χ3n) is 6.08. The number of alkyl halides is 4. The third-order valence-corrected chi connectivity index (χ3v) is 6.08. The first-order valence-corrected chi connectivity index (χ1v) is 11.7. The quantitative estimate of drug-likeness (QED) is 0.356. The van der Waals surface area contributed by atoms with Crippen LogP contribution < -0.4 is 16.4 Å². The van der Waals surface area contributed by atoms with E-state index in [1.807, 2.05) is 11.9 Å². The van der Waals surface area contributed by atoms with Crippen molar-refractivity contribution in [2.45, 2.75) is 38.2 Å². The van der Waals surface area contributed by atoms with E-state index in [1.165, 1.54) is 16.8 Å². The molecule has 1 saturated heterocycles. The summed E-state index contributed by atoms with van der Waals surface area (Å²) in [4.78, 5) is 18.3. The number of nitrogens with two attached hydrogens (primary N) is 1. The molecule has 1 fully saturated rings. The van der Waals surface area contributed by atoms with E-state index < -0.39 is 30.7 Å². The lowest BCUT2D eigenvalue weighted by atomic mass is 10.0. The summed E-state index contributed by atoms with van der Waals surface area (Å²) >= 11 is 0. The topological polar surface area (TPSA) is 101 Å². The van der Waals surface area contributed by atoms with Gasteiger partial charge in [-0.15, -0.1) is 0 Å². The van der Waals surface area contributed by atoms with Gasteiger partial charge in [-0.25, -0.2) is 8.91 Å². The second-order valence-electron chi connectivity index (χ2n) is 9.04. The van der Waals surface area contributed by atoms with Gasteiger partial charge in [0.1, 0.15) is 17.7 Å². The minimum atomic E-state index is -4.49. The molecule has 0 radical (unpaired) electrons. The number of nitrogens with one attached hydrogen (secondary N) is 2. The number of hydrogen-bond acceptors (Lipinski definition) is 6. The lowest BCUT2D eigenvalue weighted by Gasteiger charge is -2.33. The lowest BCUT2D eigenvalue weighted by Crippen LogP contribution is -2.46. The Kier molecular flexibility index (Phi) is 7.54. The SMILES string of the molecule is Cc1cc(N)c(C(=O)NCC#Cc2nn3c(N[C@@H]4CCN(C)C[C@@H]4F)cccc3c2CC(F)(F)F)cn1. The van der Waals surface area contributed by atoms with Crippen LogP contribution >= 0.6 is 0 Å². The van der Waals surface area contributed by atoms with Gasteiger partial charge in [0.25, 0.3) is 5.91 Å². The average Bonchev–Trinajstić information content (AvgIpc) is 3.15. The molecule has 3 aromatic rings. The van der Waals surface area contributed by atoms with Crippen LogP contribution in [0.25, 0.3) is 5.52 Å². The molecule has 4 rings (SSSR count). The van der Waals surface area contributed by atoms with Crippen molar-refractivity contribution in [3.63, 3.8) is 0 Å². The second kappa shape index (κ2) is 10.6. The summed E-state index contributed by atoms with van der Waals surface area (Å²) in [6.45, 7) is 2.55. The Bertz CT molecular complexity index is 1360. The fourth-order valence-electron chi connectivity index (χ4n) is 4.23. The van der Waals surface area contributed by atoms with Gasteiger partial charge in [0.05, 0.1) is 30.1 Å². The van der Waals surface area contributed by atoms with Gasteiger partial charge in [0, 0.05) is 36.2 Å². The number of nitrogens with zero attached hydrogens (tertiary/aromatic N) is 4. The largest absolute Gasteiger partial charge is 0.398 e. The number of piperidine rings is 1. The molecule has 4 heterocycles. The zero-order valence-corrected chi connectivity index (χ0v) is 20.4. The number of carbonyl (C=O) groups excluding carboxylic acids is 1. The molecule has 8 nitrogen and oxygen atoms in total. The molecule has 3 aromatic heterocycles. The number of hydrogen-bond donors (Lipinski definition) is 3. The molecule has 0 saturated carbocycles. The molecule has 4 N–H and O–H groups in total. The van der Waals surface area contributed by atoms with Crippen molar-refractivity contribution in [3.05, 3.63) is 53.0 Å². The summed E-state index contributed by atoms with van der Waals surface area (Å²) in [6.07, 6.45) is -4.98.